The van der Waals surface area contributed by atoms with Crippen LogP contribution in [0.4, 0.5) is 4.39 Å². The molecule has 0 bridgehead atoms. The number of nitrogens with zero attached hydrogens (tertiary/aromatic N) is 3. The Kier molecular flexibility index (Phi) is 5.76. The number of carbonyl (C=O) groups excluding carboxylic acids is 1. The fraction of sp³-hybridized carbons (Fsp3) is 0.227. The van der Waals surface area contributed by atoms with Gasteiger partial charge in [0, 0.05) is 36.6 Å². The smallest absolute Gasteiger partial charge is 0.210 e. The summed E-state index contributed by atoms with van der Waals surface area (Å²) in [6.45, 7) is 1.44. The number of aromatic nitrogens is 2. The summed E-state index contributed by atoms with van der Waals surface area (Å²) in [6.07, 6.45) is 5.79. The van der Waals surface area contributed by atoms with E-state index < -0.39 is 0 Å². The molecule has 2 unspecified atom stereocenters. The second-order valence-corrected chi connectivity index (χ2v) is 6.80. The Bertz CT molecular complexity index is 970. The van der Waals surface area contributed by atoms with Crippen LogP contribution in [0, 0.1) is 5.82 Å². The Morgan fingerprint density at radius 1 is 1.10 bits per heavy atom. The molecule has 148 valence electrons. The van der Waals surface area contributed by atoms with Crippen molar-refractivity contribution in [2.45, 2.75) is 12.1 Å². The minimum absolute atomic E-state index is 0.193. The van der Waals surface area contributed by atoms with Gasteiger partial charge >= 0.3 is 0 Å². The summed E-state index contributed by atoms with van der Waals surface area (Å²) in [5.41, 5.74) is 1.80. The van der Waals surface area contributed by atoms with Gasteiger partial charge in [0.05, 0.1) is 24.0 Å². The third-order valence-electron chi connectivity index (χ3n) is 5.02. The lowest BCUT2D eigenvalue weighted by molar-refractivity contribution is -0.125. The molecule has 7 heteroatoms. The van der Waals surface area contributed by atoms with Crippen molar-refractivity contribution in [1.29, 1.82) is 0 Å². The summed E-state index contributed by atoms with van der Waals surface area (Å²) >= 11 is 0. The molecule has 2 atom stereocenters. The molecule has 1 amide bonds. The zero-order valence-electron chi connectivity index (χ0n) is 15.7. The van der Waals surface area contributed by atoms with Crippen molar-refractivity contribution >= 4 is 6.41 Å². The minimum Gasteiger partial charge on any atom is -0.490 e. The van der Waals surface area contributed by atoms with Gasteiger partial charge in [-0.3, -0.25) is 14.8 Å². The van der Waals surface area contributed by atoms with Gasteiger partial charge in [0.15, 0.2) is 0 Å². The average Bonchev–Trinajstić information content (AvgIpc) is 2.78. The minimum atomic E-state index is -0.334. The number of hydrogen-bond acceptors (Lipinski definition) is 5. The van der Waals surface area contributed by atoms with Crippen molar-refractivity contribution in [3.05, 3.63) is 78.6 Å². The van der Waals surface area contributed by atoms with E-state index in [4.69, 9.17) is 4.74 Å². The average molecular weight is 392 g/mol. The molecule has 3 heterocycles. The van der Waals surface area contributed by atoms with E-state index in [9.17, 15) is 9.18 Å². The first kappa shape index (κ1) is 19.0. The lowest BCUT2D eigenvalue weighted by Crippen LogP contribution is -2.54. The highest BCUT2D eigenvalue weighted by atomic mass is 19.1. The molecule has 2 aromatic heterocycles. The third-order valence-corrected chi connectivity index (χ3v) is 5.02. The van der Waals surface area contributed by atoms with E-state index in [2.05, 4.69) is 15.3 Å². The second kappa shape index (κ2) is 8.79. The zero-order valence-corrected chi connectivity index (χ0v) is 15.7. The van der Waals surface area contributed by atoms with Gasteiger partial charge in [0.25, 0.3) is 0 Å². The monoisotopic (exact) mass is 392 g/mol. The lowest BCUT2D eigenvalue weighted by Gasteiger charge is -2.40. The summed E-state index contributed by atoms with van der Waals surface area (Å²) < 4.78 is 20.2. The Hall–Kier alpha value is -3.32. The van der Waals surface area contributed by atoms with Crippen LogP contribution in [0.1, 0.15) is 11.7 Å². The van der Waals surface area contributed by atoms with E-state index in [1.807, 2.05) is 12.1 Å². The molecule has 1 saturated heterocycles. The molecule has 1 aromatic carbocycles. The highest BCUT2D eigenvalue weighted by molar-refractivity contribution is 5.67. The summed E-state index contributed by atoms with van der Waals surface area (Å²) in [5, 5.41) is 3.35. The molecule has 29 heavy (non-hydrogen) atoms. The van der Waals surface area contributed by atoms with Crippen molar-refractivity contribution in [3.8, 4) is 16.9 Å². The Morgan fingerprint density at radius 2 is 1.93 bits per heavy atom. The summed E-state index contributed by atoms with van der Waals surface area (Å²) in [4.78, 5) is 22.3. The van der Waals surface area contributed by atoms with Gasteiger partial charge in [-0.2, -0.15) is 0 Å². The number of carbonyl (C=O) groups is 1. The highest BCUT2D eigenvalue weighted by Gasteiger charge is 2.33. The molecule has 1 N–H and O–H groups in total. The van der Waals surface area contributed by atoms with Crippen LogP contribution >= 0.6 is 0 Å². The van der Waals surface area contributed by atoms with E-state index >= 15 is 0 Å². The normalized spacial score (nSPS) is 19.0. The molecule has 1 aliphatic rings. The predicted octanol–water partition coefficient (Wildman–Crippen LogP) is 2.83. The molecular formula is C22H21FN4O2. The fourth-order valence-corrected chi connectivity index (χ4v) is 3.61. The van der Waals surface area contributed by atoms with Crippen LogP contribution in [-0.4, -0.2) is 47.0 Å². The molecule has 0 aliphatic carbocycles. The van der Waals surface area contributed by atoms with Crippen molar-refractivity contribution < 1.29 is 13.9 Å². The van der Waals surface area contributed by atoms with E-state index in [0.717, 1.165) is 6.41 Å². The number of piperazine rings is 1. The summed E-state index contributed by atoms with van der Waals surface area (Å²) in [5.74, 6) is 0.324. The Labute approximate surface area is 168 Å². The number of nitrogens with one attached hydrogen (secondary N) is 1. The molecule has 6 nitrogen and oxygen atoms in total. The van der Waals surface area contributed by atoms with E-state index in [1.165, 1.54) is 6.07 Å². The van der Waals surface area contributed by atoms with Crippen LogP contribution in [0.15, 0.2) is 67.1 Å². The molecule has 0 spiro atoms. The predicted molar refractivity (Wildman–Crippen MR) is 107 cm³/mol. The zero-order chi connectivity index (χ0) is 20.1. The van der Waals surface area contributed by atoms with Crippen LogP contribution in [0.2, 0.25) is 0 Å². The van der Waals surface area contributed by atoms with Crippen LogP contribution in [0.3, 0.4) is 0 Å². The number of halogens is 1. The van der Waals surface area contributed by atoms with Crippen LogP contribution < -0.4 is 10.1 Å². The van der Waals surface area contributed by atoms with Gasteiger partial charge in [0.2, 0.25) is 6.41 Å². The van der Waals surface area contributed by atoms with Gasteiger partial charge in [-0.1, -0.05) is 24.3 Å². The van der Waals surface area contributed by atoms with Crippen LogP contribution in [0.25, 0.3) is 11.1 Å². The number of pyridine rings is 2. The first-order chi connectivity index (χ1) is 14.3. The topological polar surface area (TPSA) is 67.4 Å². The van der Waals surface area contributed by atoms with Gasteiger partial charge in [-0.05, 0) is 24.3 Å². The molecule has 1 fully saturated rings. The van der Waals surface area contributed by atoms with Crippen LogP contribution in [-0.2, 0) is 4.79 Å². The van der Waals surface area contributed by atoms with Gasteiger partial charge in [-0.15, -0.1) is 0 Å². The Morgan fingerprint density at radius 3 is 2.72 bits per heavy atom. The quantitative estimate of drug-likeness (QED) is 0.654. The van der Waals surface area contributed by atoms with E-state index in [-0.39, 0.29) is 17.9 Å². The molecule has 3 aromatic rings. The number of ether oxygens (including phenoxy) is 1. The maximum atomic E-state index is 14.4. The summed E-state index contributed by atoms with van der Waals surface area (Å²) in [7, 11) is 0. The lowest BCUT2D eigenvalue weighted by atomic mass is 9.96. The molecule has 1 aliphatic heterocycles. The van der Waals surface area contributed by atoms with Crippen molar-refractivity contribution in [1.82, 2.24) is 20.2 Å². The maximum absolute atomic E-state index is 14.4. The second-order valence-electron chi connectivity index (χ2n) is 6.80. The Balaban J connectivity index is 1.61. The van der Waals surface area contributed by atoms with E-state index in [1.54, 1.807) is 53.8 Å². The number of amides is 1. The molecule has 4 rings (SSSR count). The fourth-order valence-electron chi connectivity index (χ4n) is 3.61. The first-order valence-electron chi connectivity index (χ1n) is 9.44. The molecule has 0 radical (unpaired) electrons. The maximum Gasteiger partial charge on any atom is 0.210 e. The third kappa shape index (κ3) is 4.09. The molecule has 0 saturated carbocycles. The number of benzene rings is 1. The standard InChI is InChI=1S/C22H21FN4O2/c23-20-8-2-1-6-18(20)19-7-4-10-26-22(19)21-13-25-11-16(27(21)15-28)14-29-17-5-3-9-24-12-17/h1-10,12,15-16,21,25H,11,13-14H2. The van der Waals surface area contributed by atoms with Crippen molar-refractivity contribution in [3.63, 3.8) is 0 Å². The van der Waals surface area contributed by atoms with Gasteiger partial charge in [0.1, 0.15) is 18.2 Å². The summed E-state index contributed by atoms with van der Waals surface area (Å²) in [6, 6.07) is 13.3. The SMILES string of the molecule is O=CN1C(COc2cccnc2)CNCC1c1ncccc1-c1ccccc1F. The van der Waals surface area contributed by atoms with E-state index in [0.29, 0.717) is 42.3 Å². The number of rotatable bonds is 6. The van der Waals surface area contributed by atoms with Crippen molar-refractivity contribution in [2.24, 2.45) is 0 Å². The highest BCUT2D eigenvalue weighted by Crippen LogP contribution is 2.32. The largest absolute Gasteiger partial charge is 0.490 e. The van der Waals surface area contributed by atoms with Gasteiger partial charge < -0.3 is 15.0 Å². The van der Waals surface area contributed by atoms with Crippen LogP contribution in [0.5, 0.6) is 5.75 Å². The van der Waals surface area contributed by atoms with Gasteiger partial charge in [-0.25, -0.2) is 4.39 Å². The van der Waals surface area contributed by atoms with Crippen molar-refractivity contribution in [2.75, 3.05) is 19.7 Å². The first-order valence-corrected chi connectivity index (χ1v) is 9.44. The molecular weight excluding hydrogens is 371 g/mol. The number of hydrogen-bond donors (Lipinski definition) is 1.